The summed E-state index contributed by atoms with van der Waals surface area (Å²) in [5, 5.41) is 7.15. The van der Waals surface area contributed by atoms with Gasteiger partial charge in [-0.15, -0.1) is 0 Å². The molecule has 1 saturated heterocycles. The summed E-state index contributed by atoms with van der Waals surface area (Å²) in [6.45, 7) is 4.03. The van der Waals surface area contributed by atoms with Crippen molar-refractivity contribution in [3.8, 4) is 0 Å². The molecule has 0 radical (unpaired) electrons. The fourth-order valence-electron chi connectivity index (χ4n) is 7.50. The van der Waals surface area contributed by atoms with E-state index in [-0.39, 0.29) is 24.0 Å². The number of rotatable bonds is 6. The highest BCUT2D eigenvalue weighted by atomic mass is 35.5. The molecule has 2 N–H and O–H groups in total. The van der Waals surface area contributed by atoms with Crippen molar-refractivity contribution < 1.29 is 9.59 Å². The maximum atomic E-state index is 14.3. The highest BCUT2D eigenvalue weighted by molar-refractivity contribution is 6.30. The average molecular weight is 652 g/mol. The largest absolute Gasteiger partial charge is 0.335 e. The Morgan fingerprint density at radius 1 is 0.957 bits per heavy atom. The zero-order chi connectivity index (χ0) is 32.3. The molecule has 2 aromatic heterocycles. The van der Waals surface area contributed by atoms with E-state index in [2.05, 4.69) is 38.7 Å². The van der Waals surface area contributed by atoms with E-state index in [1.54, 1.807) is 4.90 Å². The third kappa shape index (κ3) is 7.06. The van der Waals surface area contributed by atoms with Crippen LogP contribution in [0.4, 0.5) is 10.5 Å². The van der Waals surface area contributed by atoms with Crippen LogP contribution >= 0.6 is 11.6 Å². The number of pyridine rings is 1. The Bertz CT molecular complexity index is 1750. The number of nitrogens with one attached hydrogen (secondary N) is 2. The van der Waals surface area contributed by atoms with Gasteiger partial charge in [-0.25, -0.2) is 9.78 Å². The van der Waals surface area contributed by atoms with E-state index < -0.39 is 6.04 Å². The number of imidazole rings is 1. The minimum atomic E-state index is -0.696. The molecule has 7 rings (SSSR count). The molecule has 47 heavy (non-hydrogen) atoms. The molecule has 10 heteroatoms. The quantitative estimate of drug-likeness (QED) is 0.261. The second-order valence-electron chi connectivity index (χ2n) is 13.2. The molecule has 9 nitrogen and oxygen atoms in total. The van der Waals surface area contributed by atoms with Crippen molar-refractivity contribution in [1.82, 2.24) is 29.7 Å². The molecular formula is C37H42ClN7O2. The number of hydrogen-bond acceptors (Lipinski definition) is 5. The molecular weight excluding hydrogens is 610 g/mol. The van der Waals surface area contributed by atoms with E-state index in [0.717, 1.165) is 61.0 Å². The molecule has 1 aliphatic heterocycles. The zero-order valence-corrected chi connectivity index (χ0v) is 27.6. The van der Waals surface area contributed by atoms with Gasteiger partial charge in [0.1, 0.15) is 6.04 Å². The number of piperazine rings is 1. The van der Waals surface area contributed by atoms with Crippen LogP contribution in [0.5, 0.6) is 0 Å². The van der Waals surface area contributed by atoms with Gasteiger partial charge in [-0.3, -0.25) is 14.7 Å². The third-order valence-electron chi connectivity index (χ3n) is 9.84. The molecule has 0 spiro atoms. The SMILES string of the molecule is Cc1cn(Cc2cccc(NC(=O)C3CN(C4c5ccc(Cl)cc5CCc5cccnc54)CCN3C(=O)NC3CCCCC3)c2)cn1. The molecule has 3 amide bonds. The second-order valence-corrected chi connectivity index (χ2v) is 13.6. The molecule has 2 unspecified atom stereocenters. The van der Waals surface area contributed by atoms with Crippen LogP contribution in [-0.2, 0) is 24.2 Å². The Labute approximate surface area is 281 Å². The first kappa shape index (κ1) is 31.4. The zero-order valence-electron chi connectivity index (χ0n) is 26.9. The Hall–Kier alpha value is -4.21. The number of hydrogen-bond donors (Lipinski definition) is 2. The molecule has 2 aliphatic carbocycles. The number of amides is 3. The minimum absolute atomic E-state index is 0.149. The first-order valence-corrected chi connectivity index (χ1v) is 17.2. The van der Waals surface area contributed by atoms with Gasteiger partial charge in [0.2, 0.25) is 5.91 Å². The van der Waals surface area contributed by atoms with Crippen molar-refractivity contribution >= 4 is 29.2 Å². The molecule has 3 heterocycles. The topological polar surface area (TPSA) is 95.4 Å². The summed E-state index contributed by atoms with van der Waals surface area (Å²) in [6.07, 6.45) is 12.8. The number of halogens is 1. The van der Waals surface area contributed by atoms with E-state index in [9.17, 15) is 9.59 Å². The van der Waals surface area contributed by atoms with Crippen LogP contribution in [0, 0.1) is 6.92 Å². The van der Waals surface area contributed by atoms with Crippen LogP contribution in [0.2, 0.25) is 5.02 Å². The Morgan fingerprint density at radius 3 is 2.64 bits per heavy atom. The van der Waals surface area contributed by atoms with E-state index in [1.807, 2.05) is 66.6 Å². The van der Waals surface area contributed by atoms with Crippen LogP contribution in [0.3, 0.4) is 0 Å². The van der Waals surface area contributed by atoms with Gasteiger partial charge in [0.25, 0.3) is 0 Å². The van der Waals surface area contributed by atoms with E-state index in [4.69, 9.17) is 16.6 Å². The van der Waals surface area contributed by atoms with Gasteiger partial charge in [-0.2, -0.15) is 0 Å². The van der Waals surface area contributed by atoms with Crippen LogP contribution in [0.15, 0.2) is 73.3 Å². The minimum Gasteiger partial charge on any atom is -0.335 e. The molecule has 4 aromatic rings. The lowest BCUT2D eigenvalue weighted by Crippen LogP contribution is -2.62. The summed E-state index contributed by atoms with van der Waals surface area (Å²) in [5.41, 5.74) is 7.28. The maximum absolute atomic E-state index is 14.3. The van der Waals surface area contributed by atoms with Crippen molar-refractivity contribution in [3.63, 3.8) is 0 Å². The first-order chi connectivity index (χ1) is 22.9. The lowest BCUT2D eigenvalue weighted by molar-refractivity contribution is -0.122. The van der Waals surface area contributed by atoms with E-state index in [1.165, 1.54) is 17.5 Å². The van der Waals surface area contributed by atoms with Gasteiger partial charge < -0.3 is 20.1 Å². The normalized spacial score (nSPS) is 20.2. The lowest BCUT2D eigenvalue weighted by Gasteiger charge is -2.44. The Balaban J connectivity index is 1.18. The van der Waals surface area contributed by atoms with Crippen molar-refractivity contribution in [2.45, 2.75) is 76.5 Å². The number of aryl methyl sites for hydroxylation is 3. The lowest BCUT2D eigenvalue weighted by atomic mass is 9.94. The second kappa shape index (κ2) is 13.9. The summed E-state index contributed by atoms with van der Waals surface area (Å²) in [6, 6.07) is 17.3. The number of anilines is 1. The summed E-state index contributed by atoms with van der Waals surface area (Å²) >= 11 is 6.47. The van der Waals surface area contributed by atoms with Gasteiger partial charge >= 0.3 is 6.03 Å². The smallest absolute Gasteiger partial charge is 0.318 e. The third-order valence-corrected chi connectivity index (χ3v) is 10.1. The molecule has 1 saturated carbocycles. The van der Waals surface area contributed by atoms with Crippen LogP contribution in [0.1, 0.15) is 71.8 Å². The van der Waals surface area contributed by atoms with Crippen molar-refractivity contribution in [3.05, 3.63) is 112 Å². The van der Waals surface area contributed by atoms with Crippen LogP contribution < -0.4 is 10.6 Å². The fraction of sp³-hybridized carbons (Fsp3) is 0.405. The highest BCUT2D eigenvalue weighted by Gasteiger charge is 2.40. The number of aromatic nitrogens is 3. The summed E-state index contributed by atoms with van der Waals surface area (Å²) in [4.78, 5) is 41.4. The number of urea groups is 1. The van der Waals surface area contributed by atoms with Gasteiger partial charge in [0.05, 0.1) is 23.8 Å². The summed E-state index contributed by atoms with van der Waals surface area (Å²) in [7, 11) is 0. The number of nitrogens with zero attached hydrogens (tertiary/aromatic N) is 5. The van der Waals surface area contributed by atoms with Crippen molar-refractivity contribution in [2.24, 2.45) is 0 Å². The average Bonchev–Trinajstić information content (AvgIpc) is 3.41. The molecule has 2 aromatic carbocycles. The monoisotopic (exact) mass is 651 g/mol. The molecule has 3 aliphatic rings. The van der Waals surface area contributed by atoms with Crippen LogP contribution in [0.25, 0.3) is 0 Å². The van der Waals surface area contributed by atoms with Crippen molar-refractivity contribution in [2.75, 3.05) is 25.0 Å². The molecule has 2 atom stereocenters. The predicted octanol–water partition coefficient (Wildman–Crippen LogP) is 6.14. The maximum Gasteiger partial charge on any atom is 0.318 e. The fourth-order valence-corrected chi connectivity index (χ4v) is 7.70. The number of carbonyl (C=O) groups is 2. The molecule has 244 valence electrons. The van der Waals surface area contributed by atoms with Gasteiger partial charge in [0.15, 0.2) is 0 Å². The number of carbonyl (C=O) groups excluding carboxylic acids is 2. The Kier molecular flexibility index (Phi) is 9.27. The molecule has 0 bridgehead atoms. The summed E-state index contributed by atoms with van der Waals surface area (Å²) in [5.74, 6) is -0.199. The van der Waals surface area contributed by atoms with E-state index >= 15 is 0 Å². The van der Waals surface area contributed by atoms with E-state index in [0.29, 0.717) is 36.9 Å². The van der Waals surface area contributed by atoms with Gasteiger partial charge in [0, 0.05) is 55.3 Å². The van der Waals surface area contributed by atoms with Crippen LogP contribution in [-0.4, -0.2) is 68.0 Å². The van der Waals surface area contributed by atoms with Gasteiger partial charge in [-0.1, -0.05) is 55.1 Å². The van der Waals surface area contributed by atoms with Gasteiger partial charge in [-0.05, 0) is 85.2 Å². The number of benzene rings is 2. The first-order valence-electron chi connectivity index (χ1n) is 16.8. The predicted molar refractivity (Wildman–Crippen MR) is 184 cm³/mol. The number of fused-ring (bicyclic) bond motifs is 2. The highest BCUT2D eigenvalue weighted by Crippen LogP contribution is 2.38. The Morgan fingerprint density at radius 2 is 1.81 bits per heavy atom. The van der Waals surface area contributed by atoms with Crippen molar-refractivity contribution in [1.29, 1.82) is 0 Å². The molecule has 2 fully saturated rings. The standard InChI is InChI=1S/C37H42ClN7O2/c1-25-21-43(24-40-25)22-26-7-5-11-31(19-26)41-36(46)33-23-44(17-18-45(33)37(47)42-30-9-3-2-4-10-30)35-32-15-14-29(38)20-28(32)13-12-27-8-6-16-39-34(27)35/h5-8,11,14-16,19-21,24,30,33,35H,2-4,9-10,12-13,17-18,22-23H2,1H3,(H,41,46)(H,42,47). The summed E-state index contributed by atoms with van der Waals surface area (Å²) < 4.78 is 2.02.